The topological polar surface area (TPSA) is 30.5 Å². The fourth-order valence-electron chi connectivity index (χ4n) is 2.06. The van der Waals surface area contributed by atoms with Crippen LogP contribution in [-0.2, 0) is 6.42 Å². The first-order valence-electron chi connectivity index (χ1n) is 5.45. The lowest BCUT2D eigenvalue weighted by molar-refractivity contribution is 0.354. The van der Waals surface area contributed by atoms with Gasteiger partial charge in [-0.25, -0.2) is 0 Å². The molecule has 0 bridgehead atoms. The summed E-state index contributed by atoms with van der Waals surface area (Å²) in [5.41, 5.74) is 3.69. The summed E-state index contributed by atoms with van der Waals surface area (Å²) in [6, 6.07) is 4.11. The molecule has 1 aromatic carbocycles. The van der Waals surface area contributed by atoms with Gasteiger partial charge in [0.15, 0.2) is 11.5 Å². The Morgan fingerprint density at radius 2 is 1.88 bits per heavy atom. The van der Waals surface area contributed by atoms with Gasteiger partial charge in [-0.05, 0) is 31.0 Å². The number of nitrogens with one attached hydrogen (secondary N) is 1. The van der Waals surface area contributed by atoms with Gasteiger partial charge >= 0.3 is 0 Å². The van der Waals surface area contributed by atoms with Crippen LogP contribution in [0.2, 0.25) is 0 Å². The monoisotopic (exact) mass is 219 g/mol. The number of allylic oxidation sites excluding steroid dienone is 1. The minimum Gasteiger partial charge on any atom is -0.493 e. The lowest BCUT2D eigenvalue weighted by atomic mass is 9.97. The minimum atomic E-state index is 0.782. The summed E-state index contributed by atoms with van der Waals surface area (Å²) >= 11 is 0. The Morgan fingerprint density at radius 1 is 1.19 bits per heavy atom. The number of hydrogen-bond donors (Lipinski definition) is 1. The van der Waals surface area contributed by atoms with Crippen molar-refractivity contribution in [1.82, 2.24) is 5.32 Å². The van der Waals surface area contributed by atoms with E-state index in [4.69, 9.17) is 9.47 Å². The molecular formula is C13H17NO2. The van der Waals surface area contributed by atoms with Crippen molar-refractivity contribution in [1.29, 1.82) is 0 Å². The molecule has 2 rings (SSSR count). The van der Waals surface area contributed by atoms with Crippen molar-refractivity contribution in [3.8, 4) is 11.5 Å². The van der Waals surface area contributed by atoms with Gasteiger partial charge in [-0.3, -0.25) is 0 Å². The van der Waals surface area contributed by atoms with Gasteiger partial charge in [-0.1, -0.05) is 6.08 Å². The maximum Gasteiger partial charge on any atom is 0.161 e. The number of rotatable bonds is 2. The van der Waals surface area contributed by atoms with Gasteiger partial charge in [-0.2, -0.15) is 0 Å². The number of fused-ring (bicyclic) bond motifs is 1. The second-order valence-electron chi connectivity index (χ2n) is 3.74. The average molecular weight is 219 g/mol. The fourth-order valence-corrected chi connectivity index (χ4v) is 2.06. The summed E-state index contributed by atoms with van der Waals surface area (Å²) in [6.45, 7) is 3.01. The van der Waals surface area contributed by atoms with Crippen LogP contribution in [-0.4, -0.2) is 20.8 Å². The SMILES string of the molecule is CC=C1NCCc2cc(OC)c(OC)cc21. The Hall–Kier alpha value is -1.64. The van der Waals surface area contributed by atoms with Gasteiger partial charge in [0.1, 0.15) is 0 Å². The summed E-state index contributed by atoms with van der Waals surface area (Å²) in [6.07, 6.45) is 3.11. The molecule has 1 aliphatic rings. The summed E-state index contributed by atoms with van der Waals surface area (Å²) < 4.78 is 10.6. The maximum absolute atomic E-state index is 5.32. The molecule has 0 saturated carbocycles. The third kappa shape index (κ3) is 1.73. The normalized spacial score (nSPS) is 16.6. The number of ether oxygens (including phenoxy) is 2. The second-order valence-corrected chi connectivity index (χ2v) is 3.74. The second kappa shape index (κ2) is 4.47. The van der Waals surface area contributed by atoms with E-state index in [9.17, 15) is 0 Å². The van der Waals surface area contributed by atoms with E-state index in [1.54, 1.807) is 14.2 Å². The lowest BCUT2D eigenvalue weighted by Gasteiger charge is -2.22. The third-order valence-corrected chi connectivity index (χ3v) is 2.90. The van der Waals surface area contributed by atoms with Crippen LogP contribution in [0.25, 0.3) is 5.70 Å². The van der Waals surface area contributed by atoms with Crippen LogP contribution in [0.15, 0.2) is 18.2 Å². The Morgan fingerprint density at radius 3 is 2.50 bits per heavy atom. The Balaban J connectivity index is 2.55. The molecule has 86 valence electrons. The molecule has 16 heavy (non-hydrogen) atoms. The van der Waals surface area contributed by atoms with Crippen molar-refractivity contribution in [2.75, 3.05) is 20.8 Å². The van der Waals surface area contributed by atoms with Gasteiger partial charge in [-0.15, -0.1) is 0 Å². The zero-order valence-corrected chi connectivity index (χ0v) is 9.96. The molecule has 0 saturated heterocycles. The molecule has 3 nitrogen and oxygen atoms in total. The Kier molecular flexibility index (Phi) is 3.04. The summed E-state index contributed by atoms with van der Waals surface area (Å²) in [4.78, 5) is 0. The molecule has 3 heteroatoms. The van der Waals surface area contributed by atoms with Crippen molar-refractivity contribution in [2.45, 2.75) is 13.3 Å². The van der Waals surface area contributed by atoms with E-state index < -0.39 is 0 Å². The van der Waals surface area contributed by atoms with Crippen molar-refractivity contribution in [3.05, 3.63) is 29.3 Å². The number of benzene rings is 1. The summed E-state index contributed by atoms with van der Waals surface area (Å²) in [7, 11) is 3.33. The molecule has 1 aromatic rings. The molecule has 1 heterocycles. The highest BCUT2D eigenvalue weighted by Gasteiger charge is 2.16. The molecule has 0 unspecified atom stereocenters. The molecular weight excluding hydrogens is 202 g/mol. The predicted octanol–water partition coefficient (Wildman–Crippen LogP) is 2.21. The molecule has 0 amide bonds. The van der Waals surface area contributed by atoms with Gasteiger partial charge in [0.25, 0.3) is 0 Å². The zero-order valence-electron chi connectivity index (χ0n) is 9.96. The van der Waals surface area contributed by atoms with E-state index in [-0.39, 0.29) is 0 Å². The van der Waals surface area contributed by atoms with Crippen LogP contribution >= 0.6 is 0 Å². The van der Waals surface area contributed by atoms with Gasteiger partial charge in [0, 0.05) is 17.8 Å². The molecule has 0 spiro atoms. The van der Waals surface area contributed by atoms with Crippen molar-refractivity contribution >= 4 is 5.70 Å². The highest BCUT2D eigenvalue weighted by Crippen LogP contribution is 2.34. The highest BCUT2D eigenvalue weighted by molar-refractivity contribution is 5.71. The first-order valence-corrected chi connectivity index (χ1v) is 5.45. The molecule has 0 aromatic heterocycles. The van der Waals surface area contributed by atoms with Crippen LogP contribution in [0.3, 0.4) is 0 Å². The fraction of sp³-hybridized carbons (Fsp3) is 0.385. The van der Waals surface area contributed by atoms with Gasteiger partial charge in [0.2, 0.25) is 0 Å². The van der Waals surface area contributed by atoms with Crippen molar-refractivity contribution < 1.29 is 9.47 Å². The largest absolute Gasteiger partial charge is 0.493 e. The van der Waals surface area contributed by atoms with Gasteiger partial charge in [0.05, 0.1) is 14.2 Å². The molecule has 0 aliphatic carbocycles. The molecule has 0 atom stereocenters. The molecule has 0 radical (unpaired) electrons. The third-order valence-electron chi connectivity index (χ3n) is 2.90. The lowest BCUT2D eigenvalue weighted by Crippen LogP contribution is -2.22. The van der Waals surface area contributed by atoms with Crippen LogP contribution < -0.4 is 14.8 Å². The highest BCUT2D eigenvalue weighted by atomic mass is 16.5. The van der Waals surface area contributed by atoms with E-state index in [0.29, 0.717) is 0 Å². The van der Waals surface area contributed by atoms with Crippen LogP contribution in [0.1, 0.15) is 18.1 Å². The van der Waals surface area contributed by atoms with E-state index in [1.165, 1.54) is 16.8 Å². The zero-order chi connectivity index (χ0) is 11.5. The quantitative estimate of drug-likeness (QED) is 0.827. The average Bonchev–Trinajstić information content (AvgIpc) is 2.36. The first kappa shape index (κ1) is 10.9. The smallest absolute Gasteiger partial charge is 0.161 e. The first-order chi connectivity index (χ1) is 7.80. The van der Waals surface area contributed by atoms with Crippen LogP contribution in [0.4, 0.5) is 0 Å². The minimum absolute atomic E-state index is 0.782. The Labute approximate surface area is 96.1 Å². The Bertz CT molecular complexity index is 424. The summed E-state index contributed by atoms with van der Waals surface area (Å²) in [5, 5.41) is 3.38. The summed E-state index contributed by atoms with van der Waals surface area (Å²) in [5.74, 6) is 1.59. The molecule has 1 N–H and O–H groups in total. The number of hydrogen-bond acceptors (Lipinski definition) is 3. The van der Waals surface area contributed by atoms with E-state index in [0.717, 1.165) is 24.5 Å². The molecule has 1 aliphatic heterocycles. The number of methoxy groups -OCH3 is 2. The maximum atomic E-state index is 5.32. The van der Waals surface area contributed by atoms with E-state index in [2.05, 4.69) is 17.5 Å². The predicted molar refractivity (Wildman–Crippen MR) is 64.9 cm³/mol. The van der Waals surface area contributed by atoms with Crippen molar-refractivity contribution in [3.63, 3.8) is 0 Å². The van der Waals surface area contributed by atoms with E-state index in [1.807, 2.05) is 13.0 Å². The molecule has 0 fully saturated rings. The van der Waals surface area contributed by atoms with Crippen LogP contribution in [0.5, 0.6) is 11.5 Å². The van der Waals surface area contributed by atoms with Gasteiger partial charge < -0.3 is 14.8 Å². The van der Waals surface area contributed by atoms with E-state index >= 15 is 0 Å². The van der Waals surface area contributed by atoms with Crippen molar-refractivity contribution in [2.24, 2.45) is 0 Å². The standard InChI is InChI=1S/C13H17NO2/c1-4-11-10-8-13(16-3)12(15-2)7-9(10)5-6-14-11/h4,7-8,14H,5-6H2,1-3H3. The van der Waals surface area contributed by atoms with Crippen LogP contribution in [0, 0.1) is 0 Å².